The van der Waals surface area contributed by atoms with Crippen molar-refractivity contribution in [3.63, 3.8) is 0 Å². The van der Waals surface area contributed by atoms with Crippen LogP contribution in [0.4, 0.5) is 0 Å². The third-order valence-corrected chi connectivity index (χ3v) is 3.45. The molecule has 0 amide bonds. The van der Waals surface area contributed by atoms with Crippen LogP contribution in [-0.4, -0.2) is 5.78 Å². The van der Waals surface area contributed by atoms with Gasteiger partial charge in [-0.15, -0.1) is 0 Å². The largest absolute Gasteiger partial charge is 0.289 e. The van der Waals surface area contributed by atoms with E-state index < -0.39 is 0 Å². The molecule has 4 heteroatoms. The van der Waals surface area contributed by atoms with Crippen LogP contribution in [-0.2, 0) is 0 Å². The van der Waals surface area contributed by atoms with E-state index in [2.05, 4.69) is 15.9 Å². The molecule has 0 atom stereocenters. The van der Waals surface area contributed by atoms with E-state index in [1.54, 1.807) is 18.2 Å². The molecule has 0 bridgehead atoms. The SMILES string of the molecule is O=C(c1ccsc1)c1ccc(Br)cc1Cl. The first kappa shape index (κ1) is 10.9. The Bertz CT molecular complexity index is 493. The lowest BCUT2D eigenvalue weighted by atomic mass is 10.1. The van der Waals surface area contributed by atoms with Gasteiger partial charge < -0.3 is 0 Å². The summed E-state index contributed by atoms with van der Waals surface area (Å²) < 4.78 is 0.870. The van der Waals surface area contributed by atoms with E-state index in [1.165, 1.54) is 11.3 Å². The molecule has 1 nitrogen and oxygen atoms in total. The van der Waals surface area contributed by atoms with Gasteiger partial charge in [-0.3, -0.25) is 4.79 Å². The average molecular weight is 302 g/mol. The number of thiophene rings is 1. The summed E-state index contributed by atoms with van der Waals surface area (Å²) in [7, 11) is 0. The molecular formula is C11H6BrClOS. The molecule has 0 saturated heterocycles. The average Bonchev–Trinajstić information content (AvgIpc) is 2.69. The van der Waals surface area contributed by atoms with Crippen LogP contribution >= 0.6 is 38.9 Å². The molecule has 0 fully saturated rings. The smallest absolute Gasteiger partial charge is 0.195 e. The molecule has 0 N–H and O–H groups in total. The summed E-state index contributed by atoms with van der Waals surface area (Å²) in [5.41, 5.74) is 1.22. The summed E-state index contributed by atoms with van der Waals surface area (Å²) in [5.74, 6) is -0.0336. The summed E-state index contributed by atoms with van der Waals surface area (Å²) in [6, 6.07) is 7.06. The topological polar surface area (TPSA) is 17.1 Å². The lowest BCUT2D eigenvalue weighted by molar-refractivity contribution is 0.103. The van der Waals surface area contributed by atoms with Crippen molar-refractivity contribution in [2.75, 3.05) is 0 Å². The summed E-state index contributed by atoms with van der Waals surface area (Å²) >= 11 is 10.8. The van der Waals surface area contributed by atoms with E-state index in [1.807, 2.05) is 16.8 Å². The van der Waals surface area contributed by atoms with Crippen molar-refractivity contribution >= 4 is 44.7 Å². The Morgan fingerprint density at radius 2 is 2.13 bits per heavy atom. The van der Waals surface area contributed by atoms with Crippen LogP contribution in [0.15, 0.2) is 39.5 Å². The highest BCUT2D eigenvalue weighted by molar-refractivity contribution is 9.10. The van der Waals surface area contributed by atoms with Crippen LogP contribution in [0.1, 0.15) is 15.9 Å². The molecule has 1 aromatic carbocycles. The number of benzene rings is 1. The number of carbonyl (C=O) groups excluding carboxylic acids is 1. The van der Waals surface area contributed by atoms with Gasteiger partial charge in [-0.25, -0.2) is 0 Å². The molecule has 76 valence electrons. The Morgan fingerprint density at radius 3 is 2.73 bits per heavy atom. The molecule has 0 unspecified atom stereocenters. The maximum atomic E-state index is 11.9. The highest BCUT2D eigenvalue weighted by Gasteiger charge is 2.12. The molecule has 2 rings (SSSR count). The van der Waals surface area contributed by atoms with Crippen LogP contribution < -0.4 is 0 Å². The quantitative estimate of drug-likeness (QED) is 0.752. The molecule has 0 aliphatic rings. The molecule has 0 saturated carbocycles. The summed E-state index contributed by atoms with van der Waals surface area (Å²) in [6.07, 6.45) is 0. The Labute approximate surface area is 105 Å². The zero-order valence-corrected chi connectivity index (χ0v) is 10.7. The van der Waals surface area contributed by atoms with E-state index in [0.29, 0.717) is 16.1 Å². The Hall–Kier alpha value is -0.640. The maximum Gasteiger partial charge on any atom is 0.195 e. The molecule has 0 aliphatic heterocycles. The second kappa shape index (κ2) is 4.47. The van der Waals surface area contributed by atoms with Gasteiger partial charge in [0.15, 0.2) is 5.78 Å². The normalized spacial score (nSPS) is 10.3. The fourth-order valence-electron chi connectivity index (χ4n) is 1.22. The van der Waals surface area contributed by atoms with Crippen LogP contribution in [0.2, 0.25) is 5.02 Å². The minimum absolute atomic E-state index is 0.0336. The first-order valence-electron chi connectivity index (χ1n) is 4.20. The minimum atomic E-state index is -0.0336. The van der Waals surface area contributed by atoms with Crippen molar-refractivity contribution in [1.29, 1.82) is 0 Å². The number of hydrogen-bond donors (Lipinski definition) is 0. The highest BCUT2D eigenvalue weighted by Crippen LogP contribution is 2.24. The first-order valence-corrected chi connectivity index (χ1v) is 6.32. The van der Waals surface area contributed by atoms with E-state index in [0.717, 1.165) is 4.47 Å². The third-order valence-electron chi connectivity index (χ3n) is 1.96. The van der Waals surface area contributed by atoms with Gasteiger partial charge in [-0.1, -0.05) is 27.5 Å². The van der Waals surface area contributed by atoms with Crippen LogP contribution in [0.25, 0.3) is 0 Å². The van der Waals surface area contributed by atoms with Crippen molar-refractivity contribution in [3.8, 4) is 0 Å². The van der Waals surface area contributed by atoms with Crippen molar-refractivity contribution in [2.24, 2.45) is 0 Å². The summed E-state index contributed by atoms with van der Waals surface area (Å²) in [5, 5.41) is 4.17. The zero-order chi connectivity index (χ0) is 10.8. The van der Waals surface area contributed by atoms with E-state index in [4.69, 9.17) is 11.6 Å². The summed E-state index contributed by atoms with van der Waals surface area (Å²) in [6.45, 7) is 0. The fourth-order valence-corrected chi connectivity index (χ4v) is 2.62. The van der Waals surface area contributed by atoms with Gasteiger partial charge in [0.05, 0.1) is 5.02 Å². The number of halogens is 2. The lowest BCUT2D eigenvalue weighted by Gasteiger charge is -2.01. The number of carbonyl (C=O) groups is 1. The molecule has 0 spiro atoms. The van der Waals surface area contributed by atoms with Crippen molar-refractivity contribution in [2.45, 2.75) is 0 Å². The highest BCUT2D eigenvalue weighted by atomic mass is 79.9. The van der Waals surface area contributed by atoms with Gasteiger partial charge in [-0.2, -0.15) is 11.3 Å². The van der Waals surface area contributed by atoms with E-state index in [9.17, 15) is 4.79 Å². The molecule has 0 aliphatic carbocycles. The number of hydrogen-bond acceptors (Lipinski definition) is 2. The summed E-state index contributed by atoms with van der Waals surface area (Å²) in [4.78, 5) is 11.9. The minimum Gasteiger partial charge on any atom is -0.289 e. The predicted molar refractivity (Wildman–Crippen MR) is 66.9 cm³/mol. The van der Waals surface area contributed by atoms with Crippen molar-refractivity contribution in [3.05, 3.63) is 55.6 Å². The molecule has 1 heterocycles. The Kier molecular flexibility index (Phi) is 3.24. The van der Waals surface area contributed by atoms with Gasteiger partial charge in [0, 0.05) is 21.0 Å². The number of ketones is 1. The molecule has 1 aromatic heterocycles. The monoisotopic (exact) mass is 300 g/mol. The van der Waals surface area contributed by atoms with Gasteiger partial charge in [0.2, 0.25) is 0 Å². The molecule has 15 heavy (non-hydrogen) atoms. The maximum absolute atomic E-state index is 11.9. The van der Waals surface area contributed by atoms with E-state index >= 15 is 0 Å². The zero-order valence-electron chi connectivity index (χ0n) is 7.54. The van der Waals surface area contributed by atoms with Crippen LogP contribution in [0.3, 0.4) is 0 Å². The fraction of sp³-hybridized carbons (Fsp3) is 0. The number of rotatable bonds is 2. The van der Waals surface area contributed by atoms with Crippen molar-refractivity contribution < 1.29 is 4.79 Å². The second-order valence-electron chi connectivity index (χ2n) is 2.97. The van der Waals surface area contributed by atoms with Gasteiger partial charge in [0.1, 0.15) is 0 Å². The molecule has 2 aromatic rings. The predicted octanol–water partition coefficient (Wildman–Crippen LogP) is 4.40. The Morgan fingerprint density at radius 1 is 1.33 bits per heavy atom. The van der Waals surface area contributed by atoms with E-state index in [-0.39, 0.29) is 5.78 Å². The van der Waals surface area contributed by atoms with Crippen molar-refractivity contribution in [1.82, 2.24) is 0 Å². The first-order chi connectivity index (χ1) is 7.18. The lowest BCUT2D eigenvalue weighted by Crippen LogP contribution is -2.00. The third kappa shape index (κ3) is 2.30. The second-order valence-corrected chi connectivity index (χ2v) is 5.07. The molecular weight excluding hydrogens is 296 g/mol. The van der Waals surface area contributed by atoms with Crippen LogP contribution in [0.5, 0.6) is 0 Å². The Balaban J connectivity index is 2.42. The van der Waals surface area contributed by atoms with Gasteiger partial charge in [-0.05, 0) is 29.6 Å². The standard InChI is InChI=1S/C11H6BrClOS/c12-8-1-2-9(10(13)5-8)11(14)7-3-4-15-6-7/h1-6H. The van der Waals surface area contributed by atoms with Crippen LogP contribution in [0, 0.1) is 0 Å². The van der Waals surface area contributed by atoms with Gasteiger partial charge in [0.25, 0.3) is 0 Å². The molecule has 0 radical (unpaired) electrons. The van der Waals surface area contributed by atoms with Gasteiger partial charge >= 0.3 is 0 Å².